The highest BCUT2D eigenvalue weighted by atomic mass is 19.4. The molecule has 0 aliphatic carbocycles. The van der Waals surface area contributed by atoms with Crippen molar-refractivity contribution in [1.82, 2.24) is 0 Å². The zero-order valence-corrected chi connectivity index (χ0v) is 13.1. The second kappa shape index (κ2) is 6.22. The van der Waals surface area contributed by atoms with E-state index in [-0.39, 0.29) is 17.2 Å². The first kappa shape index (κ1) is 17.3. The summed E-state index contributed by atoms with van der Waals surface area (Å²) in [7, 11) is 1.39. The molecule has 23 heavy (non-hydrogen) atoms. The molecule has 1 radical (unpaired) electrons. The molecule has 0 bridgehead atoms. The van der Waals surface area contributed by atoms with Gasteiger partial charge in [-0.1, -0.05) is 19.9 Å². The van der Waals surface area contributed by atoms with Crippen molar-refractivity contribution >= 4 is 0 Å². The Morgan fingerprint density at radius 1 is 1.04 bits per heavy atom. The first-order chi connectivity index (χ1) is 10.6. The van der Waals surface area contributed by atoms with Crippen LogP contribution in [0.1, 0.15) is 36.5 Å². The summed E-state index contributed by atoms with van der Waals surface area (Å²) in [5.41, 5.74) is 0.920. The lowest BCUT2D eigenvalue weighted by Crippen LogP contribution is -2.05. The molecule has 0 aliphatic heterocycles. The van der Waals surface area contributed by atoms with E-state index in [1.54, 1.807) is 6.07 Å². The fourth-order valence-corrected chi connectivity index (χ4v) is 2.43. The normalized spacial score (nSPS) is 11.9. The van der Waals surface area contributed by atoms with Gasteiger partial charge >= 0.3 is 6.18 Å². The zero-order valence-electron chi connectivity index (χ0n) is 13.1. The van der Waals surface area contributed by atoms with Gasteiger partial charge in [-0.2, -0.15) is 13.2 Å². The number of methoxy groups -OCH3 is 1. The Morgan fingerprint density at radius 2 is 1.70 bits per heavy atom. The fourth-order valence-electron chi connectivity index (χ4n) is 2.43. The van der Waals surface area contributed by atoms with Gasteiger partial charge in [0, 0.05) is 11.6 Å². The molecule has 0 saturated carbocycles. The predicted molar refractivity (Wildman–Crippen MR) is 81.9 cm³/mol. The molecule has 0 N–H and O–H groups in total. The van der Waals surface area contributed by atoms with E-state index < -0.39 is 17.6 Å². The van der Waals surface area contributed by atoms with Crippen LogP contribution in [0.15, 0.2) is 30.3 Å². The van der Waals surface area contributed by atoms with Crippen LogP contribution in [0, 0.1) is 12.7 Å². The Kier molecular flexibility index (Phi) is 4.68. The van der Waals surface area contributed by atoms with Crippen molar-refractivity contribution < 1.29 is 22.3 Å². The van der Waals surface area contributed by atoms with Gasteiger partial charge in [0.05, 0.1) is 12.7 Å². The molecule has 0 aliphatic rings. The maximum absolute atomic E-state index is 14.1. The number of hydrogen-bond acceptors (Lipinski definition) is 1. The minimum Gasteiger partial charge on any atom is -0.496 e. The monoisotopic (exact) mass is 325 g/mol. The predicted octanol–water partition coefficient (Wildman–Crippen LogP) is 5.83. The molecule has 0 atom stereocenters. The van der Waals surface area contributed by atoms with Gasteiger partial charge in [0.2, 0.25) is 0 Å². The van der Waals surface area contributed by atoms with E-state index in [0.717, 1.165) is 12.1 Å². The van der Waals surface area contributed by atoms with Crippen LogP contribution >= 0.6 is 0 Å². The molecular formula is C18H17F4O. The van der Waals surface area contributed by atoms with E-state index in [1.165, 1.54) is 19.2 Å². The molecule has 0 spiro atoms. The first-order valence-corrected chi connectivity index (χ1v) is 7.06. The fraction of sp³-hybridized carbons (Fsp3) is 0.278. The van der Waals surface area contributed by atoms with Crippen molar-refractivity contribution in [2.45, 2.75) is 25.9 Å². The summed E-state index contributed by atoms with van der Waals surface area (Å²) < 4.78 is 57.5. The third-order valence-electron chi connectivity index (χ3n) is 3.66. The highest BCUT2D eigenvalue weighted by Gasteiger charge is 2.31. The van der Waals surface area contributed by atoms with Crippen LogP contribution in [-0.4, -0.2) is 7.11 Å². The van der Waals surface area contributed by atoms with E-state index in [0.29, 0.717) is 16.7 Å². The molecule has 1 nitrogen and oxygen atoms in total. The molecule has 2 aromatic carbocycles. The van der Waals surface area contributed by atoms with Gasteiger partial charge in [-0.25, -0.2) is 4.39 Å². The summed E-state index contributed by atoms with van der Waals surface area (Å²) in [6.45, 7) is 7.37. The Balaban J connectivity index is 2.64. The van der Waals surface area contributed by atoms with Gasteiger partial charge in [-0.05, 0) is 47.7 Å². The van der Waals surface area contributed by atoms with Crippen LogP contribution in [-0.2, 0) is 6.18 Å². The zero-order chi connectivity index (χ0) is 17.4. The average Bonchev–Trinajstić information content (AvgIpc) is 2.45. The summed E-state index contributed by atoms with van der Waals surface area (Å²) in [4.78, 5) is 0. The van der Waals surface area contributed by atoms with E-state index >= 15 is 0 Å². The lowest BCUT2D eigenvalue weighted by atomic mass is 9.93. The highest BCUT2D eigenvalue weighted by molar-refractivity contribution is 5.75. The Morgan fingerprint density at radius 3 is 2.17 bits per heavy atom. The van der Waals surface area contributed by atoms with E-state index in [2.05, 4.69) is 6.92 Å². The van der Waals surface area contributed by atoms with Crippen molar-refractivity contribution in [3.8, 4) is 16.9 Å². The Labute approximate surface area is 132 Å². The molecule has 0 aromatic heterocycles. The molecule has 0 fully saturated rings. The summed E-state index contributed by atoms with van der Waals surface area (Å²) >= 11 is 0. The molecule has 5 heteroatoms. The molecule has 0 unspecified atom stereocenters. The number of ether oxygens (including phenoxy) is 1. The van der Waals surface area contributed by atoms with Gasteiger partial charge in [-0.15, -0.1) is 0 Å². The lowest BCUT2D eigenvalue weighted by molar-refractivity contribution is -0.137. The topological polar surface area (TPSA) is 9.23 Å². The summed E-state index contributed by atoms with van der Waals surface area (Å²) in [6, 6.07) is 6.16. The van der Waals surface area contributed by atoms with E-state index in [1.807, 2.05) is 13.8 Å². The standard InChI is InChI=1S/C18H17F4O/c1-10(2)14-8-15(17(23-4)9-16(14)19)13-6-5-12(7-11(13)3)18(20,21)22/h5-10H,3H2,1-2,4H3. The van der Waals surface area contributed by atoms with Crippen LogP contribution in [0.5, 0.6) is 5.75 Å². The van der Waals surface area contributed by atoms with Gasteiger partial charge in [0.1, 0.15) is 11.6 Å². The van der Waals surface area contributed by atoms with Crippen molar-refractivity contribution in [2.24, 2.45) is 0 Å². The van der Waals surface area contributed by atoms with Crippen molar-refractivity contribution in [2.75, 3.05) is 7.11 Å². The second-order valence-electron chi connectivity index (χ2n) is 5.60. The highest BCUT2D eigenvalue weighted by Crippen LogP contribution is 2.38. The van der Waals surface area contributed by atoms with Crippen LogP contribution in [0.4, 0.5) is 17.6 Å². The molecule has 2 rings (SSSR count). The molecular weight excluding hydrogens is 308 g/mol. The smallest absolute Gasteiger partial charge is 0.416 e. The summed E-state index contributed by atoms with van der Waals surface area (Å²) in [5, 5.41) is 0. The third kappa shape index (κ3) is 3.49. The Hall–Kier alpha value is -2.04. The van der Waals surface area contributed by atoms with Gasteiger partial charge in [0.15, 0.2) is 0 Å². The average molecular weight is 325 g/mol. The van der Waals surface area contributed by atoms with Crippen molar-refractivity contribution in [3.05, 3.63) is 59.8 Å². The maximum atomic E-state index is 14.1. The SMILES string of the molecule is [CH2]c1cc(C(F)(F)F)ccc1-c1cc(C(C)C)c(F)cc1OC. The minimum atomic E-state index is -4.43. The van der Waals surface area contributed by atoms with Crippen LogP contribution < -0.4 is 4.74 Å². The minimum absolute atomic E-state index is 0.0673. The Bertz CT molecular complexity index is 718. The van der Waals surface area contributed by atoms with Crippen LogP contribution in [0.2, 0.25) is 0 Å². The largest absolute Gasteiger partial charge is 0.496 e. The summed E-state index contributed by atoms with van der Waals surface area (Å²) in [6.07, 6.45) is -4.43. The van der Waals surface area contributed by atoms with E-state index in [4.69, 9.17) is 4.74 Å². The number of alkyl halides is 3. The molecule has 2 aromatic rings. The number of rotatable bonds is 3. The van der Waals surface area contributed by atoms with Crippen LogP contribution in [0.25, 0.3) is 11.1 Å². The summed E-state index contributed by atoms with van der Waals surface area (Å²) in [5.74, 6) is -0.211. The third-order valence-corrected chi connectivity index (χ3v) is 3.66. The molecule has 123 valence electrons. The second-order valence-corrected chi connectivity index (χ2v) is 5.60. The van der Waals surface area contributed by atoms with Gasteiger partial charge < -0.3 is 4.74 Å². The lowest BCUT2D eigenvalue weighted by Gasteiger charge is -2.17. The van der Waals surface area contributed by atoms with Crippen molar-refractivity contribution in [1.29, 1.82) is 0 Å². The molecule has 0 heterocycles. The number of benzene rings is 2. The quantitative estimate of drug-likeness (QED) is 0.646. The first-order valence-electron chi connectivity index (χ1n) is 7.06. The van der Waals surface area contributed by atoms with Crippen molar-refractivity contribution in [3.63, 3.8) is 0 Å². The van der Waals surface area contributed by atoms with Gasteiger partial charge in [-0.3, -0.25) is 0 Å². The molecule has 0 saturated heterocycles. The van der Waals surface area contributed by atoms with E-state index in [9.17, 15) is 17.6 Å². The van der Waals surface area contributed by atoms with Crippen LogP contribution in [0.3, 0.4) is 0 Å². The van der Waals surface area contributed by atoms with Gasteiger partial charge in [0.25, 0.3) is 0 Å². The molecule has 0 amide bonds. The number of halogens is 4. The number of hydrogen-bond donors (Lipinski definition) is 0. The maximum Gasteiger partial charge on any atom is 0.416 e.